The SMILES string of the molecule is CN1CCNCC1c1noc(C2CC2c2ccccc2Cl)n1. The number of hydrogen-bond acceptors (Lipinski definition) is 5. The van der Waals surface area contributed by atoms with E-state index in [9.17, 15) is 0 Å². The van der Waals surface area contributed by atoms with Crippen molar-refractivity contribution in [2.45, 2.75) is 24.3 Å². The fraction of sp³-hybridized carbons (Fsp3) is 0.500. The number of likely N-dealkylation sites (N-methyl/N-ethyl adjacent to an activating group) is 1. The topological polar surface area (TPSA) is 54.2 Å². The first-order valence-corrected chi connectivity index (χ1v) is 8.10. The molecule has 1 aliphatic heterocycles. The quantitative estimate of drug-likeness (QED) is 0.942. The molecule has 1 aliphatic carbocycles. The van der Waals surface area contributed by atoms with E-state index < -0.39 is 0 Å². The summed E-state index contributed by atoms with van der Waals surface area (Å²) in [5.41, 5.74) is 1.19. The molecule has 0 radical (unpaired) electrons. The van der Waals surface area contributed by atoms with Crippen LogP contribution < -0.4 is 5.32 Å². The van der Waals surface area contributed by atoms with Gasteiger partial charge in [0.15, 0.2) is 5.82 Å². The van der Waals surface area contributed by atoms with Crippen LogP contribution in [0.1, 0.15) is 41.6 Å². The Morgan fingerprint density at radius 3 is 3.00 bits per heavy atom. The highest BCUT2D eigenvalue weighted by Gasteiger charge is 2.45. The van der Waals surface area contributed by atoms with Crippen molar-refractivity contribution in [3.8, 4) is 0 Å². The zero-order valence-corrected chi connectivity index (χ0v) is 13.3. The second kappa shape index (κ2) is 5.65. The van der Waals surface area contributed by atoms with Gasteiger partial charge in [0.1, 0.15) is 0 Å². The Labute approximate surface area is 134 Å². The largest absolute Gasteiger partial charge is 0.339 e. The van der Waals surface area contributed by atoms with Crippen molar-refractivity contribution in [2.75, 3.05) is 26.7 Å². The maximum atomic E-state index is 6.28. The number of aromatic nitrogens is 2. The molecule has 1 N–H and O–H groups in total. The minimum Gasteiger partial charge on any atom is -0.339 e. The predicted molar refractivity (Wildman–Crippen MR) is 84.1 cm³/mol. The Morgan fingerprint density at radius 2 is 2.18 bits per heavy atom. The summed E-state index contributed by atoms with van der Waals surface area (Å²) in [6.45, 7) is 2.88. The van der Waals surface area contributed by atoms with Gasteiger partial charge < -0.3 is 9.84 Å². The third-order valence-electron chi connectivity index (χ3n) is 4.68. The maximum Gasteiger partial charge on any atom is 0.230 e. The minimum absolute atomic E-state index is 0.198. The lowest BCUT2D eigenvalue weighted by Gasteiger charge is -2.30. The van der Waals surface area contributed by atoms with Crippen molar-refractivity contribution in [1.82, 2.24) is 20.4 Å². The first-order valence-electron chi connectivity index (χ1n) is 7.73. The Kier molecular flexibility index (Phi) is 3.64. The standard InChI is InChI=1S/C16H19ClN4O/c1-21-7-6-18-9-14(21)15-19-16(22-20-15)12-8-11(12)10-4-2-3-5-13(10)17/h2-5,11-12,14,18H,6-9H2,1H3. The van der Waals surface area contributed by atoms with E-state index in [-0.39, 0.29) is 6.04 Å². The molecule has 1 saturated carbocycles. The van der Waals surface area contributed by atoms with Gasteiger partial charge in [0.2, 0.25) is 5.89 Å². The summed E-state index contributed by atoms with van der Waals surface area (Å²) in [6, 6.07) is 8.21. The van der Waals surface area contributed by atoms with Crippen LogP contribution in [0.25, 0.3) is 0 Å². The summed E-state index contributed by atoms with van der Waals surface area (Å²) in [4.78, 5) is 6.92. The highest BCUT2D eigenvalue weighted by Crippen LogP contribution is 2.55. The summed E-state index contributed by atoms with van der Waals surface area (Å²) in [6.07, 6.45) is 1.03. The van der Waals surface area contributed by atoms with E-state index >= 15 is 0 Å². The van der Waals surface area contributed by atoms with Crippen molar-refractivity contribution >= 4 is 11.6 Å². The average Bonchev–Trinajstić information content (AvgIpc) is 3.17. The zero-order valence-electron chi connectivity index (χ0n) is 12.5. The lowest BCUT2D eigenvalue weighted by atomic mass is 10.1. The van der Waals surface area contributed by atoms with Crippen LogP contribution in [0.2, 0.25) is 5.02 Å². The molecule has 3 atom stereocenters. The minimum atomic E-state index is 0.198. The number of nitrogens with zero attached hydrogens (tertiary/aromatic N) is 3. The summed E-state index contributed by atoms with van der Waals surface area (Å²) in [5.74, 6) is 2.25. The van der Waals surface area contributed by atoms with Crippen LogP contribution >= 0.6 is 11.6 Å². The third kappa shape index (κ3) is 2.53. The molecule has 0 spiro atoms. The lowest BCUT2D eigenvalue weighted by Crippen LogP contribution is -2.44. The zero-order chi connectivity index (χ0) is 15.1. The van der Waals surface area contributed by atoms with Crippen molar-refractivity contribution in [3.63, 3.8) is 0 Å². The Morgan fingerprint density at radius 1 is 1.32 bits per heavy atom. The molecule has 5 nitrogen and oxygen atoms in total. The van der Waals surface area contributed by atoms with E-state index in [1.165, 1.54) is 5.56 Å². The van der Waals surface area contributed by atoms with Crippen LogP contribution in [-0.2, 0) is 0 Å². The molecule has 0 bridgehead atoms. The molecule has 1 saturated heterocycles. The maximum absolute atomic E-state index is 6.28. The fourth-order valence-electron chi connectivity index (χ4n) is 3.21. The summed E-state index contributed by atoms with van der Waals surface area (Å²) in [7, 11) is 2.10. The monoisotopic (exact) mass is 318 g/mol. The first kappa shape index (κ1) is 14.2. The second-order valence-electron chi connectivity index (χ2n) is 6.16. The molecule has 6 heteroatoms. The first-order chi connectivity index (χ1) is 10.7. The molecule has 2 fully saturated rings. The van der Waals surface area contributed by atoms with E-state index in [2.05, 4.69) is 33.5 Å². The van der Waals surface area contributed by atoms with Crippen molar-refractivity contribution in [2.24, 2.45) is 0 Å². The Bertz CT molecular complexity index is 674. The third-order valence-corrected chi connectivity index (χ3v) is 5.02. The number of rotatable bonds is 3. The summed E-state index contributed by atoms with van der Waals surface area (Å²) in [5, 5.41) is 8.41. The summed E-state index contributed by atoms with van der Waals surface area (Å²) >= 11 is 6.28. The molecule has 116 valence electrons. The number of benzene rings is 1. The van der Waals surface area contributed by atoms with E-state index in [1.807, 2.05) is 18.2 Å². The number of halogens is 1. The number of nitrogens with one attached hydrogen (secondary N) is 1. The molecular weight excluding hydrogens is 300 g/mol. The average molecular weight is 319 g/mol. The van der Waals surface area contributed by atoms with Crippen LogP contribution in [0, 0.1) is 0 Å². The van der Waals surface area contributed by atoms with Gasteiger partial charge in [-0.1, -0.05) is 35.0 Å². The molecule has 1 aromatic heterocycles. The van der Waals surface area contributed by atoms with Gasteiger partial charge in [-0.2, -0.15) is 4.98 Å². The van der Waals surface area contributed by atoms with Crippen LogP contribution in [-0.4, -0.2) is 41.7 Å². The van der Waals surface area contributed by atoms with Crippen molar-refractivity contribution in [3.05, 3.63) is 46.6 Å². The smallest absolute Gasteiger partial charge is 0.230 e. The molecule has 1 aromatic carbocycles. The van der Waals surface area contributed by atoms with Crippen molar-refractivity contribution < 1.29 is 4.52 Å². The van der Waals surface area contributed by atoms with Crippen LogP contribution in [0.5, 0.6) is 0 Å². The van der Waals surface area contributed by atoms with Gasteiger partial charge in [-0.3, -0.25) is 4.90 Å². The van der Waals surface area contributed by atoms with Crippen LogP contribution in [0.15, 0.2) is 28.8 Å². The van der Waals surface area contributed by atoms with Gasteiger partial charge in [-0.25, -0.2) is 0 Å². The predicted octanol–water partition coefficient (Wildman–Crippen LogP) is 2.57. The van der Waals surface area contributed by atoms with E-state index in [1.54, 1.807) is 0 Å². The van der Waals surface area contributed by atoms with Gasteiger partial charge in [-0.05, 0) is 31.0 Å². The molecule has 22 heavy (non-hydrogen) atoms. The normalized spacial score (nSPS) is 28.7. The van der Waals surface area contributed by atoms with E-state index in [0.29, 0.717) is 11.8 Å². The van der Waals surface area contributed by atoms with Crippen molar-refractivity contribution in [1.29, 1.82) is 0 Å². The lowest BCUT2D eigenvalue weighted by molar-refractivity contribution is 0.190. The highest BCUT2D eigenvalue weighted by atomic mass is 35.5. The van der Waals surface area contributed by atoms with Gasteiger partial charge in [0.05, 0.1) is 6.04 Å². The number of piperazine rings is 1. The second-order valence-corrected chi connectivity index (χ2v) is 6.57. The molecule has 3 unspecified atom stereocenters. The van der Waals surface area contributed by atoms with Gasteiger partial charge in [-0.15, -0.1) is 0 Å². The molecule has 4 rings (SSSR count). The molecule has 2 aliphatic rings. The molecule has 2 aromatic rings. The van der Waals surface area contributed by atoms with Gasteiger partial charge in [0.25, 0.3) is 0 Å². The molecule has 2 heterocycles. The van der Waals surface area contributed by atoms with Crippen LogP contribution in [0.3, 0.4) is 0 Å². The fourth-order valence-corrected chi connectivity index (χ4v) is 3.49. The van der Waals surface area contributed by atoms with Gasteiger partial charge in [0, 0.05) is 30.6 Å². The Hall–Kier alpha value is -1.43. The number of hydrogen-bond donors (Lipinski definition) is 1. The highest BCUT2D eigenvalue weighted by molar-refractivity contribution is 6.31. The van der Waals surface area contributed by atoms with Gasteiger partial charge >= 0.3 is 0 Å². The van der Waals surface area contributed by atoms with Crippen LogP contribution in [0.4, 0.5) is 0 Å². The Balaban J connectivity index is 1.50. The van der Waals surface area contributed by atoms with E-state index in [4.69, 9.17) is 16.1 Å². The molecular formula is C16H19ClN4O. The molecule has 0 amide bonds. The van der Waals surface area contributed by atoms with E-state index in [0.717, 1.165) is 42.8 Å². The summed E-state index contributed by atoms with van der Waals surface area (Å²) < 4.78 is 5.52.